The van der Waals surface area contributed by atoms with Crippen LogP contribution in [0.3, 0.4) is 0 Å². The van der Waals surface area contributed by atoms with Crippen LogP contribution in [-0.4, -0.2) is 50.0 Å². The fourth-order valence-electron chi connectivity index (χ4n) is 3.99. The normalized spacial score (nSPS) is 18.6. The van der Waals surface area contributed by atoms with Gasteiger partial charge in [-0.15, -0.1) is 0 Å². The van der Waals surface area contributed by atoms with Crippen LogP contribution in [0.25, 0.3) is 22.0 Å². The van der Waals surface area contributed by atoms with E-state index in [0.717, 1.165) is 41.8 Å². The molecule has 1 saturated heterocycles. The average Bonchev–Trinajstić information content (AvgIpc) is 3.16. The van der Waals surface area contributed by atoms with Gasteiger partial charge in [-0.2, -0.15) is 0 Å². The van der Waals surface area contributed by atoms with Crippen LogP contribution in [0.2, 0.25) is 10.0 Å². The SMILES string of the molecule is COc1cc(OC)c(Cl)c(-c2cc3cnc(C)cc3c(N3CCC(C)(OC)C3)n2)c1Cl. The Labute approximate surface area is 192 Å². The lowest BCUT2D eigenvalue weighted by molar-refractivity contribution is 0.0257. The van der Waals surface area contributed by atoms with Gasteiger partial charge in [0.2, 0.25) is 0 Å². The summed E-state index contributed by atoms with van der Waals surface area (Å²) in [7, 11) is 4.86. The van der Waals surface area contributed by atoms with E-state index in [1.165, 1.54) is 0 Å². The molecule has 1 fully saturated rings. The number of methoxy groups -OCH3 is 3. The van der Waals surface area contributed by atoms with Crippen LogP contribution in [0.5, 0.6) is 11.5 Å². The van der Waals surface area contributed by atoms with E-state index in [4.69, 9.17) is 42.4 Å². The first kappa shape index (κ1) is 21.9. The molecule has 1 aromatic carbocycles. The lowest BCUT2D eigenvalue weighted by Crippen LogP contribution is -2.32. The predicted octanol–water partition coefficient (Wildman–Crippen LogP) is 5.54. The summed E-state index contributed by atoms with van der Waals surface area (Å²) in [6.45, 7) is 5.66. The highest BCUT2D eigenvalue weighted by Crippen LogP contribution is 2.46. The predicted molar refractivity (Wildman–Crippen MR) is 125 cm³/mol. The summed E-state index contributed by atoms with van der Waals surface area (Å²) < 4.78 is 16.6. The van der Waals surface area contributed by atoms with Gasteiger partial charge in [0, 0.05) is 54.5 Å². The quantitative estimate of drug-likeness (QED) is 0.496. The van der Waals surface area contributed by atoms with Crippen LogP contribution < -0.4 is 14.4 Å². The second-order valence-corrected chi connectivity index (χ2v) is 8.74. The number of hydrogen-bond donors (Lipinski definition) is 0. The van der Waals surface area contributed by atoms with E-state index >= 15 is 0 Å². The number of benzene rings is 1. The van der Waals surface area contributed by atoms with Crippen molar-refractivity contribution in [1.82, 2.24) is 9.97 Å². The molecule has 0 bridgehead atoms. The molecule has 1 aliphatic heterocycles. The van der Waals surface area contributed by atoms with Crippen LogP contribution >= 0.6 is 23.2 Å². The van der Waals surface area contributed by atoms with Crippen molar-refractivity contribution in [2.75, 3.05) is 39.3 Å². The Balaban J connectivity index is 1.97. The zero-order chi connectivity index (χ0) is 22.3. The topological polar surface area (TPSA) is 56.7 Å². The van der Waals surface area contributed by atoms with Crippen LogP contribution in [0, 0.1) is 6.92 Å². The minimum atomic E-state index is -0.222. The Hall–Kier alpha value is -2.28. The van der Waals surface area contributed by atoms with Gasteiger partial charge in [0.05, 0.1) is 35.6 Å². The molecule has 3 heterocycles. The van der Waals surface area contributed by atoms with Crippen molar-refractivity contribution in [3.63, 3.8) is 0 Å². The van der Waals surface area contributed by atoms with Gasteiger partial charge in [-0.3, -0.25) is 4.98 Å². The zero-order valence-electron chi connectivity index (χ0n) is 18.3. The number of aryl methyl sites for hydroxylation is 1. The number of ether oxygens (including phenoxy) is 3. The summed E-state index contributed by atoms with van der Waals surface area (Å²) in [6.07, 6.45) is 2.76. The molecule has 0 amide bonds. The average molecular weight is 462 g/mol. The summed E-state index contributed by atoms with van der Waals surface area (Å²) in [4.78, 5) is 11.8. The molecule has 0 radical (unpaired) electrons. The van der Waals surface area contributed by atoms with Crippen LogP contribution in [-0.2, 0) is 4.74 Å². The van der Waals surface area contributed by atoms with Crippen LogP contribution in [0.15, 0.2) is 24.4 Å². The smallest absolute Gasteiger partial charge is 0.141 e. The Morgan fingerprint density at radius 3 is 2.29 bits per heavy atom. The Bertz CT molecular complexity index is 1130. The van der Waals surface area contributed by atoms with Crippen molar-refractivity contribution < 1.29 is 14.2 Å². The minimum Gasteiger partial charge on any atom is -0.495 e. The van der Waals surface area contributed by atoms with Crippen molar-refractivity contribution >= 4 is 39.8 Å². The molecule has 0 aliphatic carbocycles. The number of rotatable bonds is 5. The van der Waals surface area contributed by atoms with Gasteiger partial charge in [-0.05, 0) is 32.4 Å². The number of hydrogen-bond acceptors (Lipinski definition) is 6. The molecular formula is C23H25Cl2N3O3. The monoisotopic (exact) mass is 461 g/mol. The molecule has 4 rings (SSSR count). The highest BCUT2D eigenvalue weighted by atomic mass is 35.5. The molecule has 2 aromatic heterocycles. The molecule has 0 spiro atoms. The van der Waals surface area contributed by atoms with Gasteiger partial charge in [-0.25, -0.2) is 4.98 Å². The number of anilines is 1. The first-order valence-corrected chi connectivity index (χ1v) is 10.7. The highest BCUT2D eigenvalue weighted by Gasteiger charge is 2.35. The maximum absolute atomic E-state index is 6.68. The summed E-state index contributed by atoms with van der Waals surface area (Å²) in [5, 5.41) is 2.74. The number of halogens is 2. The third kappa shape index (κ3) is 3.88. The molecule has 0 N–H and O–H groups in total. The minimum absolute atomic E-state index is 0.222. The first-order chi connectivity index (χ1) is 14.8. The zero-order valence-corrected chi connectivity index (χ0v) is 19.8. The lowest BCUT2D eigenvalue weighted by atomic mass is 10.1. The third-order valence-corrected chi connectivity index (χ3v) is 6.64. The number of aromatic nitrogens is 2. The summed E-state index contributed by atoms with van der Waals surface area (Å²) >= 11 is 13.4. The fourth-order valence-corrected chi connectivity index (χ4v) is 4.69. The molecule has 8 heteroatoms. The van der Waals surface area contributed by atoms with E-state index in [9.17, 15) is 0 Å². The second-order valence-electron chi connectivity index (χ2n) is 7.99. The van der Waals surface area contributed by atoms with Gasteiger partial charge in [0.25, 0.3) is 0 Å². The molecule has 164 valence electrons. The van der Waals surface area contributed by atoms with Gasteiger partial charge < -0.3 is 19.1 Å². The molecule has 1 aliphatic rings. The maximum Gasteiger partial charge on any atom is 0.141 e. The van der Waals surface area contributed by atoms with Crippen molar-refractivity contribution in [2.24, 2.45) is 0 Å². The second kappa shape index (κ2) is 8.34. The molecule has 0 saturated carbocycles. The molecule has 31 heavy (non-hydrogen) atoms. The van der Waals surface area contributed by atoms with Gasteiger partial charge in [-0.1, -0.05) is 23.2 Å². The number of fused-ring (bicyclic) bond motifs is 1. The van der Waals surface area contributed by atoms with Gasteiger partial charge >= 0.3 is 0 Å². The largest absolute Gasteiger partial charge is 0.495 e. The van der Waals surface area contributed by atoms with E-state index in [0.29, 0.717) is 32.8 Å². The first-order valence-electron chi connectivity index (χ1n) is 9.98. The summed E-state index contributed by atoms with van der Waals surface area (Å²) in [6, 6.07) is 5.67. The molecule has 3 aromatic rings. The number of pyridine rings is 2. The van der Waals surface area contributed by atoms with E-state index in [1.54, 1.807) is 27.4 Å². The van der Waals surface area contributed by atoms with Crippen molar-refractivity contribution in [3.05, 3.63) is 40.1 Å². The fraction of sp³-hybridized carbons (Fsp3) is 0.391. The van der Waals surface area contributed by atoms with E-state index in [1.807, 2.05) is 19.2 Å². The van der Waals surface area contributed by atoms with E-state index in [2.05, 4.69) is 22.9 Å². The van der Waals surface area contributed by atoms with Crippen molar-refractivity contribution in [1.29, 1.82) is 0 Å². The third-order valence-electron chi connectivity index (χ3n) is 5.89. The standard InChI is InChI=1S/C23H25Cl2N3O3/c1-13-8-15-14(11-26-13)9-16(27-22(15)28-7-6-23(2,12-28)31-5)19-20(24)17(29-3)10-18(30-4)21(19)25/h8-11H,6-7,12H2,1-5H3. The molecular weight excluding hydrogens is 437 g/mol. The van der Waals surface area contributed by atoms with E-state index in [-0.39, 0.29) is 5.60 Å². The van der Waals surface area contributed by atoms with E-state index < -0.39 is 0 Å². The lowest BCUT2D eigenvalue weighted by Gasteiger charge is -2.25. The van der Waals surface area contributed by atoms with Crippen LogP contribution in [0.4, 0.5) is 5.82 Å². The van der Waals surface area contributed by atoms with Crippen LogP contribution in [0.1, 0.15) is 19.0 Å². The molecule has 6 nitrogen and oxygen atoms in total. The molecule has 1 unspecified atom stereocenters. The summed E-state index contributed by atoms with van der Waals surface area (Å²) in [5.41, 5.74) is 1.90. The Kier molecular flexibility index (Phi) is 5.90. The molecule has 1 atom stereocenters. The van der Waals surface area contributed by atoms with Crippen molar-refractivity contribution in [3.8, 4) is 22.8 Å². The maximum atomic E-state index is 6.68. The van der Waals surface area contributed by atoms with Gasteiger partial charge in [0.1, 0.15) is 17.3 Å². The summed E-state index contributed by atoms with van der Waals surface area (Å²) in [5.74, 6) is 1.79. The highest BCUT2D eigenvalue weighted by molar-refractivity contribution is 6.41. The Morgan fingerprint density at radius 1 is 1.03 bits per heavy atom. The number of nitrogens with zero attached hydrogens (tertiary/aromatic N) is 3. The Morgan fingerprint density at radius 2 is 1.71 bits per heavy atom. The van der Waals surface area contributed by atoms with Crippen molar-refractivity contribution in [2.45, 2.75) is 25.9 Å². The van der Waals surface area contributed by atoms with Gasteiger partial charge in [0.15, 0.2) is 0 Å².